The van der Waals surface area contributed by atoms with Gasteiger partial charge in [-0.1, -0.05) is 43.1 Å². The fourth-order valence-electron chi connectivity index (χ4n) is 6.85. The second-order valence-corrected chi connectivity index (χ2v) is 14.1. The maximum Gasteiger partial charge on any atom is 0.207 e. The first-order valence-electron chi connectivity index (χ1n) is 18.4. The lowest BCUT2D eigenvalue weighted by Crippen LogP contribution is -2.30. The number of aromatic amines is 1. The Morgan fingerprint density at radius 2 is 1.70 bits per heavy atom. The van der Waals surface area contributed by atoms with E-state index < -0.39 is 0 Å². The summed E-state index contributed by atoms with van der Waals surface area (Å²) in [6, 6.07) is 14.0. The van der Waals surface area contributed by atoms with E-state index in [-0.39, 0.29) is 6.04 Å². The van der Waals surface area contributed by atoms with E-state index in [0.29, 0.717) is 56.3 Å². The van der Waals surface area contributed by atoms with Crippen LogP contribution < -0.4 is 15.4 Å². The number of nitrogens with one attached hydrogen (secondary N) is 3. The summed E-state index contributed by atoms with van der Waals surface area (Å²) in [4.78, 5) is 23.5. The molecule has 0 radical (unpaired) electrons. The number of carbonyl (C=O) groups is 2. The van der Waals surface area contributed by atoms with Crippen LogP contribution in [-0.4, -0.2) is 60.4 Å². The summed E-state index contributed by atoms with van der Waals surface area (Å²) in [5, 5.41) is 16.4. The highest BCUT2D eigenvalue weighted by Gasteiger charge is 2.23. The van der Waals surface area contributed by atoms with Crippen molar-refractivity contribution in [3.8, 4) is 16.9 Å². The predicted octanol–water partition coefficient (Wildman–Crippen LogP) is 10.3. The zero-order chi connectivity index (χ0) is 39.5. The number of halogens is 2. The minimum absolute atomic E-state index is 0.137. The van der Waals surface area contributed by atoms with Gasteiger partial charge < -0.3 is 24.7 Å². The second-order valence-electron chi connectivity index (χ2n) is 13.3. The van der Waals surface area contributed by atoms with Crippen molar-refractivity contribution >= 4 is 64.1 Å². The predicted molar refractivity (Wildman–Crippen MR) is 224 cm³/mol. The summed E-state index contributed by atoms with van der Waals surface area (Å²) in [6.07, 6.45) is 5.17. The molecule has 2 heterocycles. The minimum atomic E-state index is -0.137. The van der Waals surface area contributed by atoms with E-state index in [1.165, 1.54) is 0 Å². The van der Waals surface area contributed by atoms with Crippen LogP contribution in [0.15, 0.2) is 42.5 Å². The average Bonchev–Trinajstić information content (AvgIpc) is 3.68. The van der Waals surface area contributed by atoms with Gasteiger partial charge in [-0.15, -0.1) is 0 Å². The highest BCUT2D eigenvalue weighted by Crippen LogP contribution is 2.44. The number of aryl methyl sites for hydroxylation is 5. The number of aromatic nitrogens is 3. The van der Waals surface area contributed by atoms with E-state index in [2.05, 4.69) is 46.0 Å². The molecule has 0 aliphatic rings. The van der Waals surface area contributed by atoms with Crippen molar-refractivity contribution in [2.24, 2.45) is 0 Å². The standard InChI is InChI=1S/C41H47Cl2N5O4.C2H6/c1-24-15-31(41-32(16-24)20-33(22-49)48(41)12-14-51-7)19-30(9-8-13-52-34-17-25(2)39(43)26(3)18-34)35-10-11-36(42)38(37-28(5)46-47-29(37)6)40(35)45-27(4)21-44-23-50;1-2/h10-11,15-20,22-23,27,45H,8-9,12-14,21H2,1-7H3,(H,44,50)(H,46,47);1-2H3/b30-19+;/t27-;/m1./s1. The summed E-state index contributed by atoms with van der Waals surface area (Å²) >= 11 is 13.5. The molecule has 54 heavy (non-hydrogen) atoms. The van der Waals surface area contributed by atoms with Crippen LogP contribution in [0.4, 0.5) is 5.69 Å². The summed E-state index contributed by atoms with van der Waals surface area (Å²) in [6.45, 7) is 17.8. The molecule has 0 saturated carbocycles. The molecule has 2 aromatic heterocycles. The van der Waals surface area contributed by atoms with E-state index in [9.17, 15) is 9.59 Å². The Labute approximate surface area is 329 Å². The molecule has 9 nitrogen and oxygen atoms in total. The van der Waals surface area contributed by atoms with E-state index >= 15 is 0 Å². The summed E-state index contributed by atoms with van der Waals surface area (Å²) in [5.41, 5.74) is 11.8. The zero-order valence-electron chi connectivity index (χ0n) is 32.9. The first-order chi connectivity index (χ1) is 26.0. The molecule has 11 heteroatoms. The fraction of sp³-hybridized carbons (Fsp3) is 0.372. The molecule has 0 saturated heterocycles. The number of methoxy groups -OCH3 is 1. The highest BCUT2D eigenvalue weighted by atomic mass is 35.5. The molecule has 1 amide bonds. The molecule has 5 rings (SSSR count). The number of H-pyrrole nitrogens is 1. The van der Waals surface area contributed by atoms with Gasteiger partial charge in [-0.05, 0) is 125 Å². The molecule has 0 aliphatic carbocycles. The van der Waals surface area contributed by atoms with Gasteiger partial charge in [-0.2, -0.15) is 5.10 Å². The monoisotopic (exact) mass is 773 g/mol. The lowest BCUT2D eigenvalue weighted by molar-refractivity contribution is -0.109. The van der Waals surface area contributed by atoms with Crippen molar-refractivity contribution in [3.63, 3.8) is 0 Å². The van der Waals surface area contributed by atoms with Gasteiger partial charge in [0.15, 0.2) is 6.29 Å². The third-order valence-electron chi connectivity index (χ3n) is 9.21. The molecule has 288 valence electrons. The molecule has 1 atom stereocenters. The number of hydrogen-bond donors (Lipinski definition) is 3. The SMILES string of the molecule is CC.COCCn1c(C=O)cc2cc(C)cc(/C=C(\CCCOc3cc(C)c(Cl)c(C)c3)c3ccc(Cl)c(-c4c(C)n[nH]c4C)c3N[C@H](C)CNC=O)c21. The Kier molecular flexibility index (Phi) is 15.4. The van der Waals surface area contributed by atoms with Gasteiger partial charge in [0.05, 0.1) is 40.8 Å². The minimum Gasteiger partial charge on any atom is -0.494 e. The Balaban J connectivity index is 0.00000319. The van der Waals surface area contributed by atoms with Crippen molar-refractivity contribution in [2.75, 3.05) is 32.2 Å². The second kappa shape index (κ2) is 19.7. The molecular weight excluding hydrogens is 721 g/mol. The Morgan fingerprint density at radius 1 is 0.981 bits per heavy atom. The quantitative estimate of drug-likeness (QED) is 0.0493. The van der Waals surface area contributed by atoms with E-state index in [1.807, 2.05) is 83.4 Å². The van der Waals surface area contributed by atoms with Crippen LogP contribution in [0.25, 0.3) is 33.7 Å². The maximum atomic E-state index is 12.3. The number of carbonyl (C=O) groups excluding carboxylic acids is 2. The zero-order valence-corrected chi connectivity index (χ0v) is 34.4. The molecule has 0 unspecified atom stereocenters. The first kappa shape index (κ1) is 42.2. The molecule has 0 bridgehead atoms. The van der Waals surface area contributed by atoms with Gasteiger partial charge in [-0.25, -0.2) is 0 Å². The van der Waals surface area contributed by atoms with Crippen molar-refractivity contribution in [1.29, 1.82) is 0 Å². The van der Waals surface area contributed by atoms with E-state index in [4.69, 9.17) is 32.7 Å². The normalized spacial score (nSPS) is 11.9. The summed E-state index contributed by atoms with van der Waals surface area (Å²) < 4.78 is 13.7. The Morgan fingerprint density at radius 3 is 2.33 bits per heavy atom. The van der Waals surface area contributed by atoms with Gasteiger partial charge >= 0.3 is 0 Å². The largest absolute Gasteiger partial charge is 0.494 e. The lowest BCUT2D eigenvalue weighted by Gasteiger charge is -2.24. The van der Waals surface area contributed by atoms with Crippen LogP contribution >= 0.6 is 23.2 Å². The third kappa shape index (κ3) is 9.75. The average molecular weight is 775 g/mol. The van der Waals surface area contributed by atoms with Crippen LogP contribution in [0.3, 0.4) is 0 Å². The van der Waals surface area contributed by atoms with E-state index in [1.54, 1.807) is 7.11 Å². The van der Waals surface area contributed by atoms with Crippen LogP contribution in [0, 0.1) is 34.6 Å². The van der Waals surface area contributed by atoms with Gasteiger partial charge in [0.1, 0.15) is 5.75 Å². The number of benzene rings is 3. The summed E-state index contributed by atoms with van der Waals surface area (Å²) in [7, 11) is 1.66. The lowest BCUT2D eigenvalue weighted by atomic mass is 9.91. The molecule has 0 aliphatic heterocycles. The number of amides is 1. The van der Waals surface area contributed by atoms with Crippen LogP contribution in [0.5, 0.6) is 5.75 Å². The number of rotatable bonds is 17. The topological polar surface area (TPSA) is 110 Å². The first-order valence-corrected chi connectivity index (χ1v) is 19.2. The van der Waals surface area contributed by atoms with Crippen LogP contribution in [0.2, 0.25) is 10.0 Å². The van der Waals surface area contributed by atoms with Gasteiger partial charge in [-0.3, -0.25) is 14.7 Å². The van der Waals surface area contributed by atoms with E-state index in [0.717, 1.165) is 89.6 Å². The number of allylic oxidation sites excluding steroid dienone is 1. The highest BCUT2D eigenvalue weighted by molar-refractivity contribution is 6.34. The molecule has 3 aromatic carbocycles. The van der Waals surface area contributed by atoms with Crippen molar-refractivity contribution < 1.29 is 19.1 Å². The molecule has 0 spiro atoms. The maximum absolute atomic E-state index is 12.3. The van der Waals surface area contributed by atoms with Crippen LogP contribution in [0.1, 0.15) is 83.3 Å². The number of ether oxygens (including phenoxy) is 2. The Bertz CT molecular complexity index is 2070. The molecule has 3 N–H and O–H groups in total. The number of hydrogen-bond acceptors (Lipinski definition) is 6. The van der Waals surface area contributed by atoms with Gasteiger partial charge in [0.25, 0.3) is 0 Å². The van der Waals surface area contributed by atoms with Crippen molar-refractivity contribution in [1.82, 2.24) is 20.1 Å². The third-order valence-corrected chi connectivity index (χ3v) is 10.1. The van der Waals surface area contributed by atoms with Gasteiger partial charge in [0.2, 0.25) is 6.41 Å². The smallest absolute Gasteiger partial charge is 0.207 e. The molecular formula is C43H53Cl2N5O4. The number of anilines is 1. The number of aldehydes is 1. The van der Waals surface area contributed by atoms with Crippen molar-refractivity contribution in [3.05, 3.63) is 97.4 Å². The fourth-order valence-corrected chi connectivity index (χ4v) is 7.21. The number of fused-ring (bicyclic) bond motifs is 1. The Hall–Kier alpha value is -4.57. The van der Waals surface area contributed by atoms with Crippen molar-refractivity contribution in [2.45, 2.75) is 80.8 Å². The summed E-state index contributed by atoms with van der Waals surface area (Å²) in [5.74, 6) is 0.779. The number of nitrogens with zero attached hydrogens (tertiary/aromatic N) is 2. The van der Waals surface area contributed by atoms with Crippen LogP contribution in [-0.2, 0) is 16.1 Å². The van der Waals surface area contributed by atoms with Gasteiger partial charge in [0, 0.05) is 59.0 Å². The molecule has 0 fully saturated rings. The molecule has 5 aromatic rings.